The van der Waals surface area contributed by atoms with E-state index in [1.165, 1.54) is 25.3 Å². The third-order valence-corrected chi connectivity index (χ3v) is 7.12. The molecule has 1 aliphatic rings. The number of carbonyl (C=O) groups is 2. The number of rotatable bonds is 16. The van der Waals surface area contributed by atoms with Crippen molar-refractivity contribution in [2.75, 3.05) is 13.2 Å². The van der Waals surface area contributed by atoms with Crippen LogP contribution in [-0.4, -0.2) is 30.1 Å². The molecule has 5 nitrogen and oxygen atoms in total. The Kier molecular flexibility index (Phi) is 14.1. The first kappa shape index (κ1) is 30.1. The highest BCUT2D eigenvalue weighted by Gasteiger charge is 2.33. The highest BCUT2D eigenvalue weighted by Crippen LogP contribution is 2.37. The fraction of sp³-hybridized carbons (Fsp3) is 0.759. The maximum Gasteiger partial charge on any atom is 0.307 e. The summed E-state index contributed by atoms with van der Waals surface area (Å²) in [5, 5.41) is 19.5. The number of nitrogens with zero attached hydrogens (tertiary/aromatic N) is 1. The van der Waals surface area contributed by atoms with Crippen molar-refractivity contribution in [3.05, 3.63) is 23.8 Å². The lowest BCUT2D eigenvalue weighted by atomic mass is 9.72. The SMILES string of the molecule is CCCOCCC(C)CC(C)(C)/C=C(\C#N)C(=O)/C=C/C[C@@H](C(=O)O)[C@@H](CC)C1CCCCC1. The van der Waals surface area contributed by atoms with Gasteiger partial charge in [-0.3, -0.25) is 9.59 Å². The van der Waals surface area contributed by atoms with E-state index in [9.17, 15) is 20.0 Å². The summed E-state index contributed by atoms with van der Waals surface area (Å²) < 4.78 is 5.58. The number of hydrogen-bond donors (Lipinski definition) is 1. The molecule has 0 aromatic rings. The van der Waals surface area contributed by atoms with Crippen molar-refractivity contribution >= 4 is 11.8 Å². The topological polar surface area (TPSA) is 87.4 Å². The maximum atomic E-state index is 12.7. The summed E-state index contributed by atoms with van der Waals surface area (Å²) in [5.41, 5.74) is -0.168. The fourth-order valence-corrected chi connectivity index (χ4v) is 5.52. The van der Waals surface area contributed by atoms with Gasteiger partial charge in [-0.05, 0) is 54.9 Å². The first-order valence-electron chi connectivity index (χ1n) is 13.3. The highest BCUT2D eigenvalue weighted by molar-refractivity contribution is 6.06. The van der Waals surface area contributed by atoms with E-state index in [0.717, 1.165) is 51.7 Å². The molecule has 1 N–H and O–H groups in total. The Hall–Kier alpha value is -1.93. The molecule has 3 atom stereocenters. The number of aliphatic carboxylic acids is 1. The van der Waals surface area contributed by atoms with Crippen LogP contribution < -0.4 is 0 Å². The number of ketones is 1. The number of nitriles is 1. The van der Waals surface area contributed by atoms with Crippen molar-refractivity contribution in [3.63, 3.8) is 0 Å². The zero-order valence-electron chi connectivity index (χ0n) is 22.1. The van der Waals surface area contributed by atoms with Gasteiger partial charge in [0.2, 0.25) is 0 Å². The molecule has 0 bridgehead atoms. The first-order chi connectivity index (χ1) is 16.1. The van der Waals surface area contributed by atoms with E-state index < -0.39 is 11.9 Å². The smallest absolute Gasteiger partial charge is 0.307 e. The Morgan fingerprint density at radius 3 is 2.41 bits per heavy atom. The van der Waals surface area contributed by atoms with Crippen molar-refractivity contribution in [2.24, 2.45) is 29.1 Å². The molecule has 1 fully saturated rings. The molecule has 5 heteroatoms. The van der Waals surface area contributed by atoms with Crippen LogP contribution in [0.1, 0.15) is 98.8 Å². The van der Waals surface area contributed by atoms with Gasteiger partial charge in [-0.1, -0.05) is 85.3 Å². The summed E-state index contributed by atoms with van der Waals surface area (Å²) in [6.45, 7) is 11.9. The van der Waals surface area contributed by atoms with E-state index in [-0.39, 0.29) is 22.7 Å². The summed E-state index contributed by atoms with van der Waals surface area (Å²) in [7, 11) is 0. The molecule has 0 aromatic carbocycles. The second-order valence-corrected chi connectivity index (χ2v) is 10.8. The van der Waals surface area contributed by atoms with E-state index in [1.807, 2.05) is 13.8 Å². The summed E-state index contributed by atoms with van der Waals surface area (Å²) in [6.07, 6.45) is 14.6. The van der Waals surface area contributed by atoms with E-state index >= 15 is 0 Å². The zero-order chi connectivity index (χ0) is 25.6. The standard InChI is InChI=1S/C29H47NO4/c1-6-17-34-18-16-22(3)19-29(4,5)20-24(21-30)27(31)15-11-14-26(28(32)33)25(7-2)23-12-9-8-10-13-23/h11,15,20,22-23,25-26H,6-10,12-14,16-19H2,1-5H3,(H,32,33)/b15-11+,24-20+/t22?,25-,26+/m0/s1. The van der Waals surface area contributed by atoms with Crippen LogP contribution in [0.5, 0.6) is 0 Å². The number of carbonyl (C=O) groups excluding carboxylic acids is 1. The van der Waals surface area contributed by atoms with Gasteiger partial charge in [-0.2, -0.15) is 5.26 Å². The lowest BCUT2D eigenvalue weighted by Crippen LogP contribution is -2.30. The second kappa shape index (κ2) is 15.9. The summed E-state index contributed by atoms with van der Waals surface area (Å²) in [5.74, 6) is -0.624. The van der Waals surface area contributed by atoms with Crippen LogP contribution >= 0.6 is 0 Å². The normalized spacial score (nSPS) is 18.4. The van der Waals surface area contributed by atoms with E-state index in [4.69, 9.17) is 4.74 Å². The first-order valence-corrected chi connectivity index (χ1v) is 13.3. The summed E-state index contributed by atoms with van der Waals surface area (Å²) in [6, 6.07) is 2.06. The van der Waals surface area contributed by atoms with Gasteiger partial charge in [0.25, 0.3) is 0 Å². The van der Waals surface area contributed by atoms with Crippen LogP contribution in [0.3, 0.4) is 0 Å². The number of ether oxygens (including phenoxy) is 1. The van der Waals surface area contributed by atoms with Crippen LogP contribution in [0.4, 0.5) is 0 Å². The Bertz CT molecular complexity index is 725. The van der Waals surface area contributed by atoms with Gasteiger partial charge >= 0.3 is 5.97 Å². The van der Waals surface area contributed by atoms with Crippen LogP contribution in [-0.2, 0) is 14.3 Å². The predicted molar refractivity (Wildman–Crippen MR) is 137 cm³/mol. The fourth-order valence-electron chi connectivity index (χ4n) is 5.52. The average Bonchev–Trinajstić information content (AvgIpc) is 2.79. The molecule has 0 heterocycles. The van der Waals surface area contributed by atoms with Crippen LogP contribution in [0.25, 0.3) is 0 Å². The molecule has 0 saturated heterocycles. The molecule has 1 saturated carbocycles. The molecule has 1 rings (SSSR count). The van der Waals surface area contributed by atoms with Crippen LogP contribution in [0.15, 0.2) is 23.8 Å². The maximum absolute atomic E-state index is 12.7. The van der Waals surface area contributed by atoms with Crippen LogP contribution in [0, 0.1) is 40.4 Å². The van der Waals surface area contributed by atoms with Crippen molar-refractivity contribution < 1.29 is 19.4 Å². The summed E-state index contributed by atoms with van der Waals surface area (Å²) >= 11 is 0. The predicted octanol–water partition coefficient (Wildman–Crippen LogP) is 7.13. The van der Waals surface area contributed by atoms with Crippen molar-refractivity contribution in [1.29, 1.82) is 5.26 Å². The lowest BCUT2D eigenvalue weighted by molar-refractivity contribution is -0.144. The van der Waals surface area contributed by atoms with Crippen molar-refractivity contribution in [1.82, 2.24) is 0 Å². The van der Waals surface area contributed by atoms with Crippen LogP contribution in [0.2, 0.25) is 0 Å². The molecule has 0 spiro atoms. The quantitative estimate of drug-likeness (QED) is 0.146. The van der Waals surface area contributed by atoms with Gasteiger partial charge in [0, 0.05) is 13.2 Å². The van der Waals surface area contributed by atoms with Crippen molar-refractivity contribution in [3.8, 4) is 6.07 Å². The van der Waals surface area contributed by atoms with E-state index in [2.05, 4.69) is 26.8 Å². The Balaban J connectivity index is 2.77. The lowest BCUT2D eigenvalue weighted by Gasteiger charge is -2.33. The molecular weight excluding hydrogens is 426 g/mol. The molecule has 34 heavy (non-hydrogen) atoms. The van der Waals surface area contributed by atoms with Crippen molar-refractivity contribution in [2.45, 2.75) is 98.8 Å². The number of allylic oxidation sites excluding steroid dienone is 4. The average molecular weight is 474 g/mol. The summed E-state index contributed by atoms with van der Waals surface area (Å²) in [4.78, 5) is 24.7. The Morgan fingerprint density at radius 2 is 1.85 bits per heavy atom. The minimum absolute atomic E-state index is 0.127. The van der Waals surface area contributed by atoms with Gasteiger partial charge in [0.15, 0.2) is 5.78 Å². The Labute approximate surface area is 207 Å². The van der Waals surface area contributed by atoms with Gasteiger partial charge in [-0.25, -0.2) is 0 Å². The van der Waals surface area contributed by atoms with E-state index in [1.54, 1.807) is 12.2 Å². The molecule has 1 aliphatic carbocycles. The number of hydrogen-bond acceptors (Lipinski definition) is 4. The minimum Gasteiger partial charge on any atom is -0.481 e. The molecule has 0 radical (unpaired) electrons. The van der Waals surface area contributed by atoms with E-state index in [0.29, 0.717) is 18.3 Å². The monoisotopic (exact) mass is 473 g/mol. The van der Waals surface area contributed by atoms with Gasteiger partial charge in [0.05, 0.1) is 11.5 Å². The Morgan fingerprint density at radius 1 is 1.18 bits per heavy atom. The molecule has 0 amide bonds. The van der Waals surface area contributed by atoms with Gasteiger partial charge < -0.3 is 9.84 Å². The zero-order valence-corrected chi connectivity index (χ0v) is 22.1. The number of carboxylic acids is 1. The highest BCUT2D eigenvalue weighted by atomic mass is 16.5. The number of carboxylic acid groups (broad SMARTS) is 1. The third kappa shape index (κ3) is 11.0. The molecule has 192 valence electrons. The molecule has 0 aromatic heterocycles. The molecule has 1 unspecified atom stereocenters. The second-order valence-electron chi connectivity index (χ2n) is 10.8. The largest absolute Gasteiger partial charge is 0.481 e. The van der Waals surface area contributed by atoms with Gasteiger partial charge in [0.1, 0.15) is 6.07 Å². The van der Waals surface area contributed by atoms with Gasteiger partial charge in [-0.15, -0.1) is 0 Å². The minimum atomic E-state index is -0.788. The third-order valence-electron chi connectivity index (χ3n) is 7.12. The molecule has 0 aliphatic heterocycles. The molecular formula is C29H47NO4.